The number of nitrogens with zero attached hydrogens (tertiary/aromatic N) is 1. The van der Waals surface area contributed by atoms with E-state index in [4.69, 9.17) is 0 Å². The molecule has 1 heterocycles. The van der Waals surface area contributed by atoms with Crippen LogP contribution in [0.2, 0.25) is 0 Å². The molecule has 0 aromatic carbocycles. The molecule has 0 spiro atoms. The van der Waals surface area contributed by atoms with Crippen LogP contribution in [-0.4, -0.2) is 47.7 Å². The Morgan fingerprint density at radius 1 is 1.28 bits per heavy atom. The highest BCUT2D eigenvalue weighted by molar-refractivity contribution is 5.78. The van der Waals surface area contributed by atoms with Crippen LogP contribution in [0.5, 0.6) is 0 Å². The van der Waals surface area contributed by atoms with Crippen molar-refractivity contribution in [1.82, 2.24) is 10.2 Å². The number of aliphatic hydroxyl groups excluding tert-OH is 1. The van der Waals surface area contributed by atoms with Gasteiger partial charge < -0.3 is 10.4 Å². The molecule has 0 aromatic rings. The standard InChI is InChI=1S/C14H26N2O2/c1-2-15-14(18)10-16-9-5-7-12(16)11-6-3-4-8-13(11)17/h11-13,17H,2-10H2,1H3,(H,15,18). The molecule has 18 heavy (non-hydrogen) atoms. The summed E-state index contributed by atoms with van der Waals surface area (Å²) in [5, 5.41) is 13.0. The Hall–Kier alpha value is -0.610. The van der Waals surface area contributed by atoms with Crippen LogP contribution >= 0.6 is 0 Å². The first kappa shape index (κ1) is 13.8. The van der Waals surface area contributed by atoms with E-state index in [0.717, 1.165) is 38.6 Å². The van der Waals surface area contributed by atoms with Gasteiger partial charge in [0.05, 0.1) is 12.6 Å². The van der Waals surface area contributed by atoms with Crippen molar-refractivity contribution in [3.63, 3.8) is 0 Å². The molecule has 104 valence electrons. The molecule has 1 amide bonds. The molecule has 4 nitrogen and oxygen atoms in total. The zero-order valence-corrected chi connectivity index (χ0v) is 11.4. The minimum absolute atomic E-state index is 0.120. The Morgan fingerprint density at radius 2 is 2.06 bits per heavy atom. The molecule has 4 heteroatoms. The van der Waals surface area contributed by atoms with Gasteiger partial charge in [0.1, 0.15) is 0 Å². The van der Waals surface area contributed by atoms with Crippen molar-refractivity contribution in [3.05, 3.63) is 0 Å². The smallest absolute Gasteiger partial charge is 0.234 e. The van der Waals surface area contributed by atoms with Gasteiger partial charge in [-0.3, -0.25) is 9.69 Å². The van der Waals surface area contributed by atoms with Crippen LogP contribution in [0.4, 0.5) is 0 Å². The van der Waals surface area contributed by atoms with E-state index < -0.39 is 0 Å². The van der Waals surface area contributed by atoms with Gasteiger partial charge in [0.15, 0.2) is 0 Å². The number of aliphatic hydroxyl groups is 1. The summed E-state index contributed by atoms with van der Waals surface area (Å²) in [5.41, 5.74) is 0. The predicted molar refractivity (Wildman–Crippen MR) is 71.2 cm³/mol. The number of amides is 1. The van der Waals surface area contributed by atoms with Gasteiger partial charge in [0, 0.05) is 18.5 Å². The van der Waals surface area contributed by atoms with Crippen LogP contribution in [0.3, 0.4) is 0 Å². The maximum Gasteiger partial charge on any atom is 0.234 e. The molecule has 2 rings (SSSR count). The molecule has 2 aliphatic rings. The van der Waals surface area contributed by atoms with Crippen LogP contribution in [0, 0.1) is 5.92 Å². The highest BCUT2D eigenvalue weighted by Crippen LogP contribution is 2.34. The molecule has 1 aliphatic carbocycles. The monoisotopic (exact) mass is 254 g/mol. The van der Waals surface area contributed by atoms with Crippen molar-refractivity contribution >= 4 is 5.91 Å². The molecule has 1 saturated heterocycles. The van der Waals surface area contributed by atoms with Crippen LogP contribution in [0.25, 0.3) is 0 Å². The first-order valence-electron chi connectivity index (χ1n) is 7.41. The molecule has 3 unspecified atom stereocenters. The molecular formula is C14H26N2O2. The summed E-state index contributed by atoms with van der Waals surface area (Å²) >= 11 is 0. The second-order valence-corrected chi connectivity index (χ2v) is 5.65. The summed E-state index contributed by atoms with van der Waals surface area (Å²) < 4.78 is 0. The molecule has 3 atom stereocenters. The quantitative estimate of drug-likeness (QED) is 0.791. The topological polar surface area (TPSA) is 52.6 Å². The molecule has 1 saturated carbocycles. The SMILES string of the molecule is CCNC(=O)CN1CCCC1C1CCCCC1O. The lowest BCUT2D eigenvalue weighted by Gasteiger charge is -2.36. The van der Waals surface area contributed by atoms with Crippen molar-refractivity contribution in [2.45, 2.75) is 57.6 Å². The Kier molecular flexibility index (Phi) is 5.01. The number of hydrogen-bond donors (Lipinski definition) is 2. The summed E-state index contributed by atoms with van der Waals surface area (Å²) in [6.07, 6.45) is 6.59. The predicted octanol–water partition coefficient (Wildman–Crippen LogP) is 1.14. The summed E-state index contributed by atoms with van der Waals surface area (Å²) in [4.78, 5) is 14.0. The third-order valence-corrected chi connectivity index (χ3v) is 4.41. The average Bonchev–Trinajstić information content (AvgIpc) is 2.78. The Morgan fingerprint density at radius 3 is 2.78 bits per heavy atom. The molecule has 0 aromatic heterocycles. The second-order valence-electron chi connectivity index (χ2n) is 5.65. The van der Waals surface area contributed by atoms with Crippen molar-refractivity contribution in [2.75, 3.05) is 19.6 Å². The number of carbonyl (C=O) groups is 1. The number of hydrogen-bond acceptors (Lipinski definition) is 3. The molecule has 2 fully saturated rings. The van der Waals surface area contributed by atoms with Gasteiger partial charge in [-0.1, -0.05) is 12.8 Å². The van der Waals surface area contributed by atoms with Crippen LogP contribution in [0.15, 0.2) is 0 Å². The number of likely N-dealkylation sites (tertiary alicyclic amines) is 1. The van der Waals surface area contributed by atoms with Gasteiger partial charge in [-0.05, 0) is 39.2 Å². The van der Waals surface area contributed by atoms with E-state index in [9.17, 15) is 9.90 Å². The van der Waals surface area contributed by atoms with E-state index in [0.29, 0.717) is 25.0 Å². The maximum absolute atomic E-state index is 11.7. The Bertz CT molecular complexity index is 283. The minimum atomic E-state index is -0.154. The maximum atomic E-state index is 11.7. The van der Waals surface area contributed by atoms with Gasteiger partial charge >= 0.3 is 0 Å². The Labute approximate surface area is 110 Å². The zero-order valence-electron chi connectivity index (χ0n) is 11.4. The van der Waals surface area contributed by atoms with Crippen molar-refractivity contribution in [3.8, 4) is 0 Å². The summed E-state index contributed by atoms with van der Waals surface area (Å²) in [6, 6.07) is 0.419. The van der Waals surface area contributed by atoms with E-state index in [1.807, 2.05) is 6.92 Å². The molecule has 2 N–H and O–H groups in total. The van der Waals surface area contributed by atoms with Crippen molar-refractivity contribution in [1.29, 1.82) is 0 Å². The van der Waals surface area contributed by atoms with E-state index in [1.54, 1.807) is 0 Å². The van der Waals surface area contributed by atoms with E-state index >= 15 is 0 Å². The second kappa shape index (κ2) is 6.53. The first-order valence-corrected chi connectivity index (χ1v) is 7.41. The van der Waals surface area contributed by atoms with Gasteiger partial charge in [-0.15, -0.1) is 0 Å². The molecule has 0 bridgehead atoms. The van der Waals surface area contributed by atoms with Gasteiger partial charge in [-0.25, -0.2) is 0 Å². The first-order chi connectivity index (χ1) is 8.72. The van der Waals surface area contributed by atoms with Crippen LogP contribution in [-0.2, 0) is 4.79 Å². The highest BCUT2D eigenvalue weighted by Gasteiger charge is 2.37. The summed E-state index contributed by atoms with van der Waals surface area (Å²) in [6.45, 7) is 4.15. The lowest BCUT2D eigenvalue weighted by molar-refractivity contribution is -0.123. The fraction of sp³-hybridized carbons (Fsp3) is 0.929. The Balaban J connectivity index is 1.91. The fourth-order valence-corrected chi connectivity index (χ4v) is 3.56. The number of nitrogens with one attached hydrogen (secondary N) is 1. The van der Waals surface area contributed by atoms with Crippen molar-refractivity contribution in [2.24, 2.45) is 5.92 Å². The van der Waals surface area contributed by atoms with Crippen molar-refractivity contribution < 1.29 is 9.90 Å². The van der Waals surface area contributed by atoms with Gasteiger partial charge in [0.25, 0.3) is 0 Å². The summed E-state index contributed by atoms with van der Waals surface area (Å²) in [7, 11) is 0. The van der Waals surface area contributed by atoms with Gasteiger partial charge in [-0.2, -0.15) is 0 Å². The zero-order chi connectivity index (χ0) is 13.0. The van der Waals surface area contributed by atoms with Crippen LogP contribution < -0.4 is 5.32 Å². The largest absolute Gasteiger partial charge is 0.393 e. The highest BCUT2D eigenvalue weighted by atomic mass is 16.3. The average molecular weight is 254 g/mol. The van der Waals surface area contributed by atoms with E-state index in [1.165, 1.54) is 6.42 Å². The molecular weight excluding hydrogens is 228 g/mol. The third-order valence-electron chi connectivity index (χ3n) is 4.41. The number of likely N-dealkylation sites (N-methyl/N-ethyl adjacent to an activating group) is 1. The minimum Gasteiger partial charge on any atom is -0.393 e. The van der Waals surface area contributed by atoms with Gasteiger partial charge in [0.2, 0.25) is 5.91 Å². The summed E-state index contributed by atoms with van der Waals surface area (Å²) in [5.74, 6) is 0.505. The molecule has 0 radical (unpaired) electrons. The number of carbonyl (C=O) groups excluding carboxylic acids is 1. The lowest BCUT2D eigenvalue weighted by Crippen LogP contribution is -2.46. The lowest BCUT2D eigenvalue weighted by atomic mass is 9.80. The fourth-order valence-electron chi connectivity index (χ4n) is 3.56. The normalized spacial score (nSPS) is 33.6. The van der Waals surface area contributed by atoms with E-state index in [2.05, 4.69) is 10.2 Å². The van der Waals surface area contributed by atoms with E-state index in [-0.39, 0.29) is 12.0 Å². The van der Waals surface area contributed by atoms with Crippen LogP contribution in [0.1, 0.15) is 45.4 Å². The number of rotatable bonds is 4. The molecule has 1 aliphatic heterocycles. The third kappa shape index (κ3) is 3.23.